The number of phosphoric acid groups is 2. The molecule has 0 aromatic rings. The Kier molecular flexibility index (Phi) is 67.5. The number of unbranched alkanes of at least 4 members (excludes halogenated alkanes) is 19. The second-order valence-electron chi connectivity index (χ2n) is 24.0. The average Bonchev–Trinajstić information content (AvgIpc) is 2.14. The smallest absolute Gasteiger partial charge is 0.463 e. The van der Waals surface area contributed by atoms with Crippen LogP contribution in [0.25, 0.3) is 0 Å². The average molecular weight is 1400 g/mol. The first kappa shape index (κ1) is 92.2. The minimum atomic E-state index is -4.95. The molecule has 0 aliphatic carbocycles. The maximum atomic E-state index is 12.9. The van der Waals surface area contributed by atoms with Crippen molar-refractivity contribution in [1.82, 2.24) is 0 Å². The van der Waals surface area contributed by atoms with Gasteiger partial charge in [-0.3, -0.25) is 32.5 Å². The molecule has 0 aliphatic heterocycles. The number of rotatable bonds is 68. The lowest BCUT2D eigenvalue weighted by Crippen LogP contribution is -2.30. The minimum absolute atomic E-state index is 0.0732. The fraction of sp³-hybridized carbons (Fsp3) is 0.633. The van der Waals surface area contributed by atoms with E-state index in [1.165, 1.54) is 38.5 Å². The summed E-state index contributed by atoms with van der Waals surface area (Å²) in [5.41, 5.74) is 0. The number of allylic oxidation sites excluding steroid dienone is 26. The van der Waals surface area contributed by atoms with Crippen molar-refractivity contribution in [2.45, 2.75) is 283 Å². The summed E-state index contributed by atoms with van der Waals surface area (Å²) in [6.45, 7) is 2.29. The van der Waals surface area contributed by atoms with Crippen molar-refractivity contribution < 1.29 is 75.8 Å². The molecule has 0 saturated heterocycles. The van der Waals surface area contributed by atoms with Gasteiger partial charge in [-0.05, 0) is 141 Å². The molecular weight excluding hydrogens is 1270 g/mol. The van der Waals surface area contributed by atoms with Gasteiger partial charge < -0.3 is 34.2 Å². The zero-order valence-corrected chi connectivity index (χ0v) is 61.7. The summed E-state index contributed by atoms with van der Waals surface area (Å²) in [6.07, 6.45) is 87.3. The highest BCUT2D eigenvalue weighted by Crippen LogP contribution is 2.45. The number of carbonyl (C=O) groups excluding carboxylic acids is 3. The second-order valence-corrected chi connectivity index (χ2v) is 26.9. The molecule has 5 unspecified atom stereocenters. The van der Waals surface area contributed by atoms with Crippen LogP contribution in [0.3, 0.4) is 0 Å². The first-order chi connectivity index (χ1) is 47.2. The number of phosphoric ester groups is 2. The van der Waals surface area contributed by atoms with Crippen LogP contribution >= 0.6 is 15.6 Å². The van der Waals surface area contributed by atoms with Crippen molar-refractivity contribution in [3.8, 4) is 0 Å². The van der Waals surface area contributed by atoms with Crippen LogP contribution in [0.4, 0.5) is 0 Å². The van der Waals surface area contributed by atoms with E-state index in [0.29, 0.717) is 19.3 Å². The highest BCUT2D eigenvalue weighted by atomic mass is 31.2. The Labute approximate surface area is 587 Å². The summed E-state index contributed by atoms with van der Waals surface area (Å²) < 4.78 is 60.9. The fourth-order valence-corrected chi connectivity index (χ4v) is 10.8. The molecule has 0 fully saturated rings. The van der Waals surface area contributed by atoms with Crippen LogP contribution in [-0.4, -0.2) is 95.9 Å². The van der Waals surface area contributed by atoms with Gasteiger partial charge in [0.05, 0.1) is 26.4 Å². The van der Waals surface area contributed by atoms with Crippen LogP contribution in [-0.2, 0) is 55.8 Å². The lowest BCUT2D eigenvalue weighted by Gasteiger charge is -2.21. The molecule has 0 aromatic heterocycles. The van der Waals surface area contributed by atoms with Crippen LogP contribution in [0, 0.1) is 0 Å². The van der Waals surface area contributed by atoms with E-state index in [9.17, 15) is 43.5 Å². The van der Waals surface area contributed by atoms with Crippen LogP contribution < -0.4 is 0 Å². The van der Waals surface area contributed by atoms with Crippen LogP contribution in [0.15, 0.2) is 158 Å². The number of carbonyl (C=O) groups is 3. The molecule has 5 atom stereocenters. The van der Waals surface area contributed by atoms with Gasteiger partial charge in [0.25, 0.3) is 0 Å². The summed E-state index contributed by atoms with van der Waals surface area (Å²) in [7, 11) is -9.81. The summed E-state index contributed by atoms with van der Waals surface area (Å²) in [4.78, 5) is 58.5. The second kappa shape index (κ2) is 71.0. The number of esters is 3. The molecule has 0 amide bonds. The zero-order chi connectivity index (χ0) is 70.9. The van der Waals surface area contributed by atoms with Gasteiger partial charge in [0, 0.05) is 19.3 Å². The Balaban J connectivity index is 4.59. The van der Waals surface area contributed by atoms with E-state index in [4.69, 9.17) is 32.3 Å². The molecule has 18 heteroatoms. The molecular formula is C79H130O16P2. The van der Waals surface area contributed by atoms with E-state index in [1.807, 2.05) is 0 Å². The predicted molar refractivity (Wildman–Crippen MR) is 399 cm³/mol. The molecule has 0 saturated carbocycles. The van der Waals surface area contributed by atoms with Gasteiger partial charge in [0.15, 0.2) is 6.10 Å². The van der Waals surface area contributed by atoms with Crippen molar-refractivity contribution in [2.24, 2.45) is 0 Å². The fourth-order valence-electron chi connectivity index (χ4n) is 9.17. The molecule has 0 rings (SSSR count). The summed E-state index contributed by atoms with van der Waals surface area (Å²) >= 11 is 0. The van der Waals surface area contributed by atoms with Gasteiger partial charge in [-0.1, -0.05) is 262 Å². The minimum Gasteiger partial charge on any atom is -0.463 e. The molecule has 0 heterocycles. The topological polar surface area (TPSA) is 231 Å². The summed E-state index contributed by atoms with van der Waals surface area (Å²) in [5, 5.41) is 20.6. The van der Waals surface area contributed by atoms with E-state index in [2.05, 4.69) is 179 Å². The van der Waals surface area contributed by atoms with Gasteiger partial charge >= 0.3 is 33.6 Å². The van der Waals surface area contributed by atoms with Crippen LogP contribution in [0.1, 0.15) is 265 Å². The third kappa shape index (κ3) is 72.2. The number of aliphatic hydroxyl groups is 2. The largest absolute Gasteiger partial charge is 0.472 e. The molecule has 16 nitrogen and oxygen atoms in total. The van der Waals surface area contributed by atoms with E-state index >= 15 is 0 Å². The summed E-state index contributed by atoms with van der Waals surface area (Å²) in [5.74, 6) is -1.65. The van der Waals surface area contributed by atoms with Gasteiger partial charge in [0.1, 0.15) is 25.4 Å². The van der Waals surface area contributed by atoms with E-state index in [1.54, 1.807) is 0 Å². The Morgan fingerprint density at radius 2 is 0.546 bits per heavy atom. The Morgan fingerprint density at radius 3 is 0.887 bits per heavy atom. The molecule has 552 valence electrons. The monoisotopic (exact) mass is 1400 g/mol. The first-order valence-corrected chi connectivity index (χ1v) is 39.8. The van der Waals surface area contributed by atoms with Crippen molar-refractivity contribution in [1.29, 1.82) is 0 Å². The third-order valence-electron chi connectivity index (χ3n) is 14.7. The van der Waals surface area contributed by atoms with Crippen molar-refractivity contribution in [3.63, 3.8) is 0 Å². The zero-order valence-electron chi connectivity index (χ0n) is 59.9. The van der Waals surface area contributed by atoms with Crippen LogP contribution in [0.2, 0.25) is 0 Å². The number of aliphatic hydroxyl groups excluding tert-OH is 2. The number of hydrogen-bond donors (Lipinski definition) is 4. The van der Waals surface area contributed by atoms with Crippen molar-refractivity contribution >= 4 is 33.6 Å². The van der Waals surface area contributed by atoms with E-state index in [-0.39, 0.29) is 19.3 Å². The van der Waals surface area contributed by atoms with Crippen LogP contribution in [0.5, 0.6) is 0 Å². The lowest BCUT2D eigenvalue weighted by atomic mass is 10.0. The van der Waals surface area contributed by atoms with Gasteiger partial charge in [-0.25, -0.2) is 9.13 Å². The van der Waals surface area contributed by atoms with Gasteiger partial charge in [-0.15, -0.1) is 0 Å². The van der Waals surface area contributed by atoms with Crippen molar-refractivity contribution in [2.75, 3.05) is 39.6 Å². The van der Waals surface area contributed by atoms with E-state index < -0.39 is 91.5 Å². The van der Waals surface area contributed by atoms with Gasteiger partial charge in [-0.2, -0.15) is 0 Å². The molecule has 0 spiro atoms. The highest BCUT2D eigenvalue weighted by Gasteiger charge is 2.29. The van der Waals surface area contributed by atoms with Crippen molar-refractivity contribution in [3.05, 3.63) is 158 Å². The Morgan fingerprint density at radius 1 is 0.299 bits per heavy atom. The third-order valence-corrected chi connectivity index (χ3v) is 16.6. The van der Waals surface area contributed by atoms with E-state index in [0.717, 1.165) is 167 Å². The maximum Gasteiger partial charge on any atom is 0.472 e. The molecule has 0 aliphatic rings. The summed E-state index contributed by atoms with van der Waals surface area (Å²) in [6, 6.07) is 0. The molecule has 0 aromatic carbocycles. The normalized spacial score (nSPS) is 15.0. The maximum absolute atomic E-state index is 12.9. The molecule has 0 radical (unpaired) electrons. The predicted octanol–water partition coefficient (Wildman–Crippen LogP) is 21.1. The molecule has 4 N–H and O–H groups in total. The SMILES string of the molecule is CC/C=C\C/C=C\C/C=C\C/C=C\C/C=C\C/C=C\CCCCC(=O)OCC(COP(=O)(O)OCC(O)COP(=O)(O)OCC(O)COC(=O)CCCCCCCCCCCCC/C=C\C/C=C\C/C=C\C/C=C\C/C=C\CC)OC(=O)CCCCCCC/C=C\C/C=C\CCC. The first-order valence-electron chi connectivity index (χ1n) is 36.8. The Hall–Kier alpha value is -4.83. The number of hydrogen-bond acceptors (Lipinski definition) is 14. The van der Waals surface area contributed by atoms with Gasteiger partial charge in [0.2, 0.25) is 0 Å². The highest BCUT2D eigenvalue weighted by molar-refractivity contribution is 7.47. The Bertz CT molecular complexity index is 2400. The molecule has 97 heavy (non-hydrogen) atoms. The molecule has 0 bridgehead atoms. The quantitative estimate of drug-likeness (QED) is 0.0146. The standard InChI is InChI=1S/C79H130O16P2/c1-4-7-10-13-16-19-22-25-27-29-31-33-34-35-36-37-38-40-42-43-45-48-50-53-56-59-62-65-77(82)89-68-74(80)69-91-96(85,86)92-70-75(81)71-93-97(87,88)94-73-76(95-79(84)67-64-61-58-55-52-47-24-21-18-15-12-9-6-3)72-90-78(83)66-63-60-57-54-51-49-46-44-41-39-32-30-28-26-23-20-17-14-11-8-5-2/h7-8,10-12,15-17,19-21,24-28,31-33,35-36,39,44,46,51,54,74-76,80-81H,4-6,9,13-14,18,22-23,29-30,34,37-38,40-43,45,47-50,52-53,55-73H2,1-3H3,(H,85,86)(H,87,88)/b10-7-,11-8-,15-12-,19-16-,20-17-,24-21-,27-25-,28-26-,33-31-,36-35-,39-32-,46-44-,54-51-. The lowest BCUT2D eigenvalue weighted by molar-refractivity contribution is -0.161. The number of ether oxygens (including phenoxy) is 3.